The quantitative estimate of drug-likeness (QED) is 0.228. The molecule has 0 aromatic carbocycles. The third kappa shape index (κ3) is 6.83. The highest BCUT2D eigenvalue weighted by molar-refractivity contribution is 6.29. The van der Waals surface area contributed by atoms with Gasteiger partial charge < -0.3 is 15.5 Å². The van der Waals surface area contributed by atoms with Gasteiger partial charge in [0.1, 0.15) is 12.1 Å². The average molecular weight is 620 g/mol. The van der Waals surface area contributed by atoms with Gasteiger partial charge >= 0.3 is 18.0 Å². The van der Waals surface area contributed by atoms with Gasteiger partial charge in [-0.25, -0.2) is 9.40 Å². The lowest BCUT2D eigenvalue weighted by atomic mass is 9.85. The van der Waals surface area contributed by atoms with Crippen molar-refractivity contribution in [1.29, 1.82) is 0 Å². The Kier molecular flexibility index (Phi) is 9.45. The van der Waals surface area contributed by atoms with Crippen molar-refractivity contribution in [3.8, 4) is 0 Å². The highest BCUT2D eigenvalue weighted by Crippen LogP contribution is 2.43. The minimum absolute atomic E-state index is 0.0695. The molecular formula is C24H32ClF6N5O5. The fraction of sp³-hybridized carbons (Fsp3) is 0.792. The summed E-state index contributed by atoms with van der Waals surface area (Å²) in [5.74, 6) is -13.9. The zero-order chi connectivity index (χ0) is 31.1. The van der Waals surface area contributed by atoms with E-state index in [9.17, 15) is 50.3 Å². The van der Waals surface area contributed by atoms with Crippen molar-refractivity contribution in [2.45, 2.75) is 76.3 Å². The summed E-state index contributed by atoms with van der Waals surface area (Å²) in [7, 11) is 0. The Bertz CT molecular complexity index is 1070. The number of halogens is 7. The zero-order valence-corrected chi connectivity index (χ0v) is 23.3. The number of nitrogens with zero attached hydrogens (tertiary/aromatic N) is 2. The van der Waals surface area contributed by atoms with Gasteiger partial charge in [0, 0.05) is 13.1 Å². The number of hydrazine groups is 1. The van der Waals surface area contributed by atoms with E-state index in [1.807, 2.05) is 0 Å². The monoisotopic (exact) mass is 619 g/mol. The Morgan fingerprint density at radius 2 is 1.73 bits per heavy atom. The maximum atomic E-state index is 13.8. The minimum atomic E-state index is -6.21. The van der Waals surface area contributed by atoms with Gasteiger partial charge in [0.2, 0.25) is 11.8 Å². The van der Waals surface area contributed by atoms with Crippen LogP contribution < -0.4 is 16.1 Å². The molecule has 1 aliphatic carbocycles. The molecule has 0 aromatic heterocycles. The van der Waals surface area contributed by atoms with E-state index in [-0.39, 0.29) is 18.9 Å². The number of carbonyl (C=O) groups is 5. The third-order valence-electron chi connectivity index (χ3n) is 7.74. The van der Waals surface area contributed by atoms with E-state index < -0.39 is 83.1 Å². The standard InChI is InChI=1S/C24H32ClF6N5O5/c1-22(2,3)15(33-21(41)23(27,28)24(29,30)31)19(39)35-9-11-5-4-6-13(11)14(35)18(38)34-36(20(40)16(25)26)10-12-7-8-32-17(12)37/h11-16H,4-10H2,1-3H3,(H,32,37)(H,33,41)(H,34,38)/t11-,12-,13-,14-,15+,16-/m0/s1. The van der Waals surface area contributed by atoms with Crippen LogP contribution in [-0.4, -0.2) is 88.9 Å². The highest BCUT2D eigenvalue weighted by atomic mass is 35.5. The smallest absolute Gasteiger partial charge is 0.356 e. The molecule has 0 spiro atoms. The van der Waals surface area contributed by atoms with Crippen molar-refractivity contribution >= 4 is 41.1 Å². The normalized spacial score (nSPS) is 26.2. The van der Waals surface area contributed by atoms with Crippen molar-refractivity contribution in [1.82, 2.24) is 26.0 Å². The first-order valence-electron chi connectivity index (χ1n) is 13.0. The lowest BCUT2D eigenvalue weighted by Gasteiger charge is -2.37. The first-order chi connectivity index (χ1) is 18.8. The number of hydrogen-bond acceptors (Lipinski definition) is 5. The summed E-state index contributed by atoms with van der Waals surface area (Å²) in [6, 6.07) is -3.23. The lowest BCUT2D eigenvalue weighted by Crippen LogP contribution is -2.63. The predicted molar refractivity (Wildman–Crippen MR) is 130 cm³/mol. The average Bonchev–Trinajstić information content (AvgIpc) is 3.55. The van der Waals surface area contributed by atoms with E-state index in [1.54, 1.807) is 0 Å². The molecule has 2 saturated heterocycles. The number of amides is 5. The lowest BCUT2D eigenvalue weighted by molar-refractivity contribution is -0.270. The number of likely N-dealkylation sites (tertiary alicyclic amines) is 1. The largest absolute Gasteiger partial charge is 0.463 e. The Hall–Kier alpha value is -2.78. The fourth-order valence-electron chi connectivity index (χ4n) is 5.58. The molecule has 0 aromatic rings. The van der Waals surface area contributed by atoms with E-state index >= 15 is 0 Å². The van der Waals surface area contributed by atoms with Gasteiger partial charge in [0.25, 0.3) is 17.4 Å². The van der Waals surface area contributed by atoms with Gasteiger partial charge in [0.15, 0.2) is 0 Å². The first-order valence-corrected chi connectivity index (χ1v) is 13.4. The Labute approximate surface area is 236 Å². The van der Waals surface area contributed by atoms with Crippen LogP contribution in [-0.2, 0) is 24.0 Å². The molecule has 232 valence electrons. The van der Waals surface area contributed by atoms with E-state index in [4.69, 9.17) is 11.6 Å². The molecule has 1 saturated carbocycles. The van der Waals surface area contributed by atoms with E-state index in [1.165, 1.54) is 26.1 Å². The second-order valence-electron chi connectivity index (χ2n) is 11.6. The number of carbonyl (C=O) groups excluding carboxylic acids is 5. The first kappa shape index (κ1) is 32.7. The summed E-state index contributed by atoms with van der Waals surface area (Å²) in [6.07, 6.45) is -4.22. The van der Waals surface area contributed by atoms with Gasteiger partial charge in [-0.3, -0.25) is 29.4 Å². The molecule has 3 rings (SSSR count). The van der Waals surface area contributed by atoms with Crippen LogP contribution in [0.2, 0.25) is 0 Å². The summed E-state index contributed by atoms with van der Waals surface area (Å²) in [5.41, 5.74) is -1.71. The summed E-state index contributed by atoms with van der Waals surface area (Å²) in [5, 5.41) is 4.61. The molecule has 0 radical (unpaired) electrons. The third-order valence-corrected chi connectivity index (χ3v) is 7.92. The van der Waals surface area contributed by atoms with Crippen molar-refractivity contribution in [3.05, 3.63) is 0 Å². The fourth-order valence-corrected chi connectivity index (χ4v) is 5.70. The second-order valence-corrected chi connectivity index (χ2v) is 12.0. The molecule has 41 heavy (non-hydrogen) atoms. The molecule has 0 unspecified atom stereocenters. The van der Waals surface area contributed by atoms with E-state index in [0.29, 0.717) is 30.8 Å². The van der Waals surface area contributed by atoms with Crippen LogP contribution in [0.15, 0.2) is 0 Å². The van der Waals surface area contributed by atoms with Gasteiger partial charge in [0.05, 0.1) is 12.5 Å². The molecule has 3 aliphatic rings. The minimum Gasteiger partial charge on any atom is -0.356 e. The molecular weight excluding hydrogens is 588 g/mol. The number of rotatable bonds is 7. The summed E-state index contributed by atoms with van der Waals surface area (Å²) in [4.78, 5) is 64.7. The van der Waals surface area contributed by atoms with Crippen molar-refractivity contribution in [3.63, 3.8) is 0 Å². The predicted octanol–water partition coefficient (Wildman–Crippen LogP) is 1.87. The molecule has 6 atom stereocenters. The second kappa shape index (κ2) is 11.8. The SMILES string of the molecule is CC(C)(C)[C@H](NC(=O)C(F)(F)C(F)(F)F)C(=O)N1C[C@@H]2CCC[C@@H]2[C@H]1C(=O)NN(C[C@@H]1CCNC1=O)C(=O)[C@H](F)Cl. The van der Waals surface area contributed by atoms with E-state index in [2.05, 4.69) is 10.7 Å². The Morgan fingerprint density at radius 1 is 1.10 bits per heavy atom. The van der Waals surface area contributed by atoms with Gasteiger partial charge in [-0.1, -0.05) is 38.8 Å². The number of alkyl halides is 7. The van der Waals surface area contributed by atoms with Crippen molar-refractivity contribution in [2.75, 3.05) is 19.6 Å². The van der Waals surface area contributed by atoms with Crippen LogP contribution in [0.5, 0.6) is 0 Å². The maximum absolute atomic E-state index is 13.8. The molecule has 3 fully saturated rings. The summed E-state index contributed by atoms with van der Waals surface area (Å²) in [6.45, 7) is 3.81. The molecule has 5 amide bonds. The Balaban J connectivity index is 1.89. The molecule has 17 heteroatoms. The van der Waals surface area contributed by atoms with Crippen LogP contribution in [0.25, 0.3) is 0 Å². The molecule has 10 nitrogen and oxygen atoms in total. The van der Waals surface area contributed by atoms with Crippen LogP contribution in [0.1, 0.15) is 46.5 Å². The molecule has 3 N–H and O–H groups in total. The molecule has 2 aliphatic heterocycles. The van der Waals surface area contributed by atoms with Crippen LogP contribution in [0.4, 0.5) is 26.3 Å². The van der Waals surface area contributed by atoms with Crippen LogP contribution in [0.3, 0.4) is 0 Å². The maximum Gasteiger partial charge on any atom is 0.463 e. The number of nitrogens with one attached hydrogen (secondary N) is 3. The van der Waals surface area contributed by atoms with Gasteiger partial charge in [-0.05, 0) is 36.5 Å². The molecule has 0 bridgehead atoms. The van der Waals surface area contributed by atoms with E-state index in [0.717, 1.165) is 4.90 Å². The van der Waals surface area contributed by atoms with Gasteiger partial charge in [-0.2, -0.15) is 22.0 Å². The summed E-state index contributed by atoms with van der Waals surface area (Å²) < 4.78 is 79.7. The van der Waals surface area contributed by atoms with Crippen molar-refractivity contribution < 1.29 is 50.3 Å². The van der Waals surface area contributed by atoms with Crippen LogP contribution >= 0.6 is 11.6 Å². The topological polar surface area (TPSA) is 128 Å². The molecule has 2 heterocycles. The van der Waals surface area contributed by atoms with Crippen LogP contribution in [0, 0.1) is 23.2 Å². The Morgan fingerprint density at radius 3 is 2.24 bits per heavy atom. The zero-order valence-electron chi connectivity index (χ0n) is 22.5. The summed E-state index contributed by atoms with van der Waals surface area (Å²) >= 11 is 5.31. The number of fused-ring (bicyclic) bond motifs is 1. The number of hydrogen-bond donors (Lipinski definition) is 3. The van der Waals surface area contributed by atoms with Crippen molar-refractivity contribution in [2.24, 2.45) is 23.2 Å². The highest BCUT2D eigenvalue weighted by Gasteiger charge is 2.64. The van der Waals surface area contributed by atoms with Gasteiger partial charge in [-0.15, -0.1) is 0 Å².